The number of fused-ring (bicyclic) bond motifs is 4. The number of nitrogens with zero attached hydrogens (tertiary/aromatic N) is 4. The van der Waals surface area contributed by atoms with Crippen LogP contribution in [-0.2, 0) is 32.9 Å². The van der Waals surface area contributed by atoms with Crippen LogP contribution in [0.1, 0.15) is 113 Å². The Bertz CT molecular complexity index is 3860. The Balaban J connectivity index is 0.000000260. The van der Waals surface area contributed by atoms with Crippen molar-refractivity contribution in [3.63, 3.8) is 0 Å². The van der Waals surface area contributed by atoms with Gasteiger partial charge in [0.1, 0.15) is 0 Å². The third-order valence-electron chi connectivity index (χ3n) is 12.3. The first-order valence-electron chi connectivity index (χ1n) is 29.0. The molecule has 0 aliphatic carbocycles. The molecule has 0 N–H and O–H groups in total. The van der Waals surface area contributed by atoms with E-state index in [4.69, 9.17) is 28.1 Å². The van der Waals surface area contributed by atoms with Crippen LogP contribution in [0.25, 0.3) is 72.6 Å². The molecule has 71 heavy (non-hydrogen) atoms. The summed E-state index contributed by atoms with van der Waals surface area (Å²) >= 11 is -2.36. The molecule has 0 saturated heterocycles. The van der Waals surface area contributed by atoms with Gasteiger partial charge in [0.25, 0.3) is 0 Å². The third-order valence-corrected chi connectivity index (χ3v) is 16.5. The summed E-state index contributed by atoms with van der Waals surface area (Å²) < 4.78 is 91.2. The van der Waals surface area contributed by atoms with Gasteiger partial charge in [-0.15, -0.1) is 18.2 Å². The molecule has 4 aromatic heterocycles. The minimum Gasteiger partial charge on any atom is -0.486 e. The van der Waals surface area contributed by atoms with Crippen LogP contribution in [0.15, 0.2) is 150 Å². The van der Waals surface area contributed by atoms with Gasteiger partial charge in [-0.2, -0.15) is 0 Å². The fourth-order valence-electron chi connectivity index (χ4n) is 8.89. The van der Waals surface area contributed by atoms with E-state index < -0.39 is 45.1 Å². The number of hydrogen-bond donors (Lipinski definition) is 0. The molecule has 0 aliphatic rings. The molecule has 7 heteroatoms. The Labute approximate surface area is 452 Å². The average Bonchev–Trinajstić information content (AvgIpc) is 4.18. The second kappa shape index (κ2) is 21.0. The van der Waals surface area contributed by atoms with E-state index in [1.807, 2.05) is 99.8 Å². The van der Waals surface area contributed by atoms with E-state index in [-0.39, 0.29) is 43.2 Å². The van der Waals surface area contributed by atoms with Crippen molar-refractivity contribution >= 4 is 50.8 Å². The van der Waals surface area contributed by atoms with Crippen molar-refractivity contribution in [3.05, 3.63) is 197 Å². The van der Waals surface area contributed by atoms with Crippen molar-refractivity contribution < 1.29 is 38.2 Å². The van der Waals surface area contributed by atoms with Gasteiger partial charge in [-0.25, -0.2) is 4.98 Å². The van der Waals surface area contributed by atoms with Crippen LogP contribution < -0.4 is 4.40 Å². The standard InChI is InChI=1S/C44H38N3O.C20H28GeN.Ir/c1-27(2)37-25-32(31-20-18-29(5)19-21-31)26-38(28(3)4)41(37)47-40-17-10-9-16-39(40)46-43(47)36-15-11-14-34-35-23-22-33(45-44(35)48-42(34)36)24-30-12-7-6-8-13-30;1-15-8-10-16(11-9-15)19-12-17(13-20(2,3)4)18(14-22-19)21(5,6)7;/h6-14,16-23,25-28H,24H2,1-5H3;8-10,12,14H,13H2,1-7H3;/q2*-1;/i5D3,24D2;1D3,13D2;. The van der Waals surface area contributed by atoms with Gasteiger partial charge in [-0.3, -0.25) is 4.98 Å². The number of pyridine rings is 2. The van der Waals surface area contributed by atoms with Crippen LogP contribution in [0.3, 0.4) is 0 Å². The Hall–Kier alpha value is -5.92. The second-order valence-electron chi connectivity index (χ2n) is 20.6. The number of furan rings is 1. The number of hydrogen-bond acceptors (Lipinski definition) is 4. The number of aromatic nitrogens is 4. The quantitative estimate of drug-likeness (QED) is 0.101. The summed E-state index contributed by atoms with van der Waals surface area (Å²) in [5.74, 6) is 7.63. The number of rotatable bonds is 10. The van der Waals surface area contributed by atoms with Crippen LogP contribution in [0.2, 0.25) is 17.3 Å². The van der Waals surface area contributed by atoms with Crippen LogP contribution in [-0.4, -0.2) is 32.8 Å². The Morgan fingerprint density at radius 2 is 1.42 bits per heavy atom. The summed E-state index contributed by atoms with van der Waals surface area (Å²) in [7, 11) is 0. The van der Waals surface area contributed by atoms with E-state index in [2.05, 4.69) is 84.8 Å². The molecule has 0 saturated carbocycles. The molecule has 6 aromatic carbocycles. The van der Waals surface area contributed by atoms with Crippen molar-refractivity contribution in [2.45, 2.75) is 104 Å². The maximum atomic E-state index is 8.91. The third kappa shape index (κ3) is 11.3. The molecule has 0 fully saturated rings. The molecular formula is C64H66GeIrN4O-2. The van der Waals surface area contributed by atoms with E-state index in [1.54, 1.807) is 42.5 Å². The zero-order valence-electron chi connectivity index (χ0n) is 52.0. The van der Waals surface area contributed by atoms with E-state index in [9.17, 15) is 0 Å². The molecule has 10 aromatic rings. The predicted octanol–water partition coefficient (Wildman–Crippen LogP) is 16.6. The average molecular weight is 1180 g/mol. The molecular weight excluding hydrogens is 1110 g/mol. The summed E-state index contributed by atoms with van der Waals surface area (Å²) in [5, 5.41) is 1.63. The molecule has 0 unspecified atom stereocenters. The van der Waals surface area contributed by atoms with Crippen molar-refractivity contribution in [2.75, 3.05) is 0 Å². The van der Waals surface area contributed by atoms with Gasteiger partial charge in [0.15, 0.2) is 0 Å². The SMILES string of the molecule is [2H]C([2H])([2H])c1c[c-]c(-c2cc(C([2H])([2H])C(C)(C)C)[c]([Ge]([CH3])([CH3])[CH3])cn2)cc1.[2H]C([2H])([2H])c1ccc(-c2cc(C(C)C)c(-n3c(-c4[c-]ccc5c4oc4nc(C([2H])([2H])c6ccccc6)ccc45)nc4ccccc43)c(C(C)C)c2)cc1.[Ir]. The van der Waals surface area contributed by atoms with Gasteiger partial charge in [0, 0.05) is 50.1 Å². The topological polar surface area (TPSA) is 56.7 Å². The van der Waals surface area contributed by atoms with E-state index in [0.717, 1.165) is 54.1 Å². The van der Waals surface area contributed by atoms with E-state index >= 15 is 0 Å². The Morgan fingerprint density at radius 3 is 2.07 bits per heavy atom. The number of aryl methyl sites for hydroxylation is 2. The Kier molecular flexibility index (Phi) is 11.8. The molecule has 1 radical (unpaired) electrons. The zero-order chi connectivity index (χ0) is 58.1. The maximum Gasteiger partial charge on any atom is 0.216 e. The predicted molar refractivity (Wildman–Crippen MR) is 297 cm³/mol. The molecule has 0 atom stereocenters. The molecule has 5 nitrogen and oxygen atoms in total. The van der Waals surface area contributed by atoms with Gasteiger partial charge in [-0.1, -0.05) is 111 Å². The zero-order valence-corrected chi connectivity index (χ0v) is 46.5. The van der Waals surface area contributed by atoms with Crippen LogP contribution in [0, 0.1) is 31.3 Å². The first-order valence-corrected chi connectivity index (χ1v) is 31.3. The molecule has 0 amide bonds. The summed E-state index contributed by atoms with van der Waals surface area (Å²) in [6, 6.07) is 49.2. The van der Waals surface area contributed by atoms with Crippen molar-refractivity contribution in [3.8, 4) is 39.5 Å². The fraction of sp³-hybridized carbons (Fsp3) is 0.266. The van der Waals surface area contributed by atoms with E-state index in [0.29, 0.717) is 50.6 Å². The number of para-hydroxylation sites is 2. The first kappa shape index (κ1) is 39.7. The molecule has 4 heterocycles. The van der Waals surface area contributed by atoms with Gasteiger partial charge in [-0.05, 0) is 82.9 Å². The summed E-state index contributed by atoms with van der Waals surface area (Å²) in [5.41, 5.74) is 11.4. The second-order valence-corrected chi connectivity index (χ2v) is 31.2. The smallest absolute Gasteiger partial charge is 0.216 e. The van der Waals surface area contributed by atoms with Gasteiger partial charge in [0.2, 0.25) is 5.71 Å². The minimum atomic E-state index is -2.36. The summed E-state index contributed by atoms with van der Waals surface area (Å²) in [6.45, 7) is 10.1. The molecule has 10 rings (SSSR count). The number of imidazole rings is 1. The maximum absolute atomic E-state index is 8.91. The van der Waals surface area contributed by atoms with Crippen molar-refractivity contribution in [1.82, 2.24) is 19.5 Å². The van der Waals surface area contributed by atoms with Crippen LogP contribution >= 0.6 is 0 Å². The van der Waals surface area contributed by atoms with Gasteiger partial charge in [0.05, 0.1) is 22.4 Å². The minimum absolute atomic E-state index is 0. The molecule has 0 spiro atoms. The number of benzene rings is 6. The monoisotopic (exact) mass is 1180 g/mol. The summed E-state index contributed by atoms with van der Waals surface area (Å²) in [6.07, 6.45) is -1.52. The van der Waals surface area contributed by atoms with E-state index in [1.165, 1.54) is 6.07 Å². The first-order chi connectivity index (χ1) is 37.4. The van der Waals surface area contributed by atoms with Crippen molar-refractivity contribution in [2.24, 2.45) is 5.41 Å². The molecule has 363 valence electrons. The van der Waals surface area contributed by atoms with Gasteiger partial charge < -0.3 is 8.98 Å². The van der Waals surface area contributed by atoms with Crippen LogP contribution in [0.4, 0.5) is 0 Å². The Morgan fingerprint density at radius 1 is 0.732 bits per heavy atom. The molecule has 0 aliphatic heterocycles. The molecule has 0 bridgehead atoms. The van der Waals surface area contributed by atoms with Crippen LogP contribution in [0.5, 0.6) is 0 Å². The van der Waals surface area contributed by atoms with Gasteiger partial charge >= 0.3 is 145 Å². The summed E-state index contributed by atoms with van der Waals surface area (Å²) in [4.78, 5) is 14.5. The fourth-order valence-corrected chi connectivity index (χ4v) is 11.8. The normalized spacial score (nSPS) is 14.8. The van der Waals surface area contributed by atoms with Crippen molar-refractivity contribution in [1.29, 1.82) is 0 Å². The largest absolute Gasteiger partial charge is 0.486 e.